The van der Waals surface area contributed by atoms with Crippen molar-refractivity contribution in [2.45, 2.75) is 33.4 Å². The molecule has 1 saturated heterocycles. The zero-order chi connectivity index (χ0) is 24.1. The molecule has 1 heterocycles. The maximum Gasteiger partial charge on any atom is 0.338 e. The highest BCUT2D eigenvalue weighted by Crippen LogP contribution is 2.16. The molecule has 9 heteroatoms. The van der Waals surface area contributed by atoms with Gasteiger partial charge in [-0.05, 0) is 48.9 Å². The fraction of sp³-hybridized carbons (Fsp3) is 0.292. The van der Waals surface area contributed by atoms with Gasteiger partial charge >= 0.3 is 12.0 Å². The molecule has 2 aromatic carbocycles. The van der Waals surface area contributed by atoms with Crippen molar-refractivity contribution in [3.8, 4) is 0 Å². The Kier molecular flexibility index (Phi) is 7.22. The zero-order valence-corrected chi connectivity index (χ0v) is 18.6. The molecule has 0 radical (unpaired) electrons. The number of esters is 1. The number of imide groups is 1. The van der Waals surface area contributed by atoms with E-state index in [0.29, 0.717) is 16.8 Å². The average Bonchev–Trinajstić information content (AvgIpc) is 3.11. The first-order chi connectivity index (χ1) is 15.7. The van der Waals surface area contributed by atoms with E-state index in [1.54, 1.807) is 50.2 Å². The third-order valence-electron chi connectivity index (χ3n) is 5.05. The second-order valence-electron chi connectivity index (χ2n) is 7.97. The zero-order valence-electron chi connectivity index (χ0n) is 18.6. The third-order valence-corrected chi connectivity index (χ3v) is 5.05. The molecule has 9 nitrogen and oxygen atoms in total. The molecule has 4 amide bonds. The highest BCUT2D eigenvalue weighted by atomic mass is 16.5. The van der Waals surface area contributed by atoms with Crippen LogP contribution in [0.3, 0.4) is 0 Å². The van der Waals surface area contributed by atoms with Crippen LogP contribution in [0.5, 0.6) is 0 Å². The molecule has 0 saturated carbocycles. The molecule has 1 aliphatic heterocycles. The van der Waals surface area contributed by atoms with Gasteiger partial charge in [-0.1, -0.05) is 26.0 Å². The number of ketones is 1. The Balaban J connectivity index is 1.62. The lowest BCUT2D eigenvalue weighted by molar-refractivity contribution is -0.125. The van der Waals surface area contributed by atoms with E-state index >= 15 is 0 Å². The smallest absolute Gasteiger partial charge is 0.338 e. The Bertz CT molecular complexity index is 1080. The Hall–Kier alpha value is -4.01. The summed E-state index contributed by atoms with van der Waals surface area (Å²) in [6, 6.07) is 12.2. The van der Waals surface area contributed by atoms with E-state index in [9.17, 15) is 24.0 Å². The van der Waals surface area contributed by atoms with Crippen molar-refractivity contribution < 1.29 is 28.7 Å². The number of carbonyl (C=O) groups excluding carboxylic acids is 5. The number of urea groups is 1. The van der Waals surface area contributed by atoms with Crippen molar-refractivity contribution in [1.29, 1.82) is 0 Å². The van der Waals surface area contributed by atoms with E-state index < -0.39 is 18.1 Å². The second-order valence-corrected chi connectivity index (χ2v) is 7.97. The average molecular weight is 451 g/mol. The van der Waals surface area contributed by atoms with Crippen molar-refractivity contribution in [2.75, 3.05) is 11.9 Å². The van der Waals surface area contributed by atoms with Crippen molar-refractivity contribution in [3.63, 3.8) is 0 Å². The molecule has 0 spiro atoms. The van der Waals surface area contributed by atoms with Gasteiger partial charge in [-0.15, -0.1) is 0 Å². The molecule has 1 atom stereocenters. The number of amides is 4. The molecule has 2 aromatic rings. The molecule has 1 fully saturated rings. The van der Waals surface area contributed by atoms with E-state index in [2.05, 4.69) is 10.6 Å². The Morgan fingerprint density at radius 2 is 1.73 bits per heavy atom. The summed E-state index contributed by atoms with van der Waals surface area (Å²) >= 11 is 0. The van der Waals surface area contributed by atoms with Gasteiger partial charge in [0.15, 0.2) is 6.10 Å². The molecule has 3 rings (SSSR count). The minimum Gasteiger partial charge on any atom is -0.451 e. The third kappa shape index (κ3) is 5.82. The number of nitrogens with zero attached hydrogens (tertiary/aromatic N) is 1. The number of nitrogens with one attached hydrogen (secondary N) is 2. The maximum absolute atomic E-state index is 12.7. The highest BCUT2D eigenvalue weighted by Gasteiger charge is 2.28. The van der Waals surface area contributed by atoms with Crippen LogP contribution in [-0.4, -0.2) is 47.1 Å². The minimum absolute atomic E-state index is 0.0277. The summed E-state index contributed by atoms with van der Waals surface area (Å²) < 4.78 is 5.33. The van der Waals surface area contributed by atoms with Gasteiger partial charge in [0, 0.05) is 17.2 Å². The summed E-state index contributed by atoms with van der Waals surface area (Å²) in [6.07, 6.45) is -1.04. The molecular weight excluding hydrogens is 426 g/mol. The molecule has 33 heavy (non-hydrogen) atoms. The van der Waals surface area contributed by atoms with Crippen LogP contribution < -0.4 is 10.6 Å². The summed E-state index contributed by atoms with van der Waals surface area (Å²) in [7, 11) is 0. The molecule has 0 aromatic heterocycles. The lowest BCUT2D eigenvalue weighted by Gasteiger charge is -2.15. The van der Waals surface area contributed by atoms with Gasteiger partial charge in [0.05, 0.1) is 18.7 Å². The summed E-state index contributed by atoms with van der Waals surface area (Å²) in [5.74, 6) is -1.73. The number of hydrogen-bond donors (Lipinski definition) is 2. The maximum atomic E-state index is 12.7. The minimum atomic E-state index is -1.04. The molecule has 1 aliphatic rings. The van der Waals surface area contributed by atoms with Gasteiger partial charge in [0.25, 0.3) is 0 Å². The highest BCUT2D eigenvalue weighted by molar-refractivity contribution is 6.03. The van der Waals surface area contributed by atoms with Gasteiger partial charge in [0.1, 0.15) is 0 Å². The molecule has 2 N–H and O–H groups in total. The number of hydrogen-bond acceptors (Lipinski definition) is 6. The van der Waals surface area contributed by atoms with Crippen LogP contribution >= 0.6 is 0 Å². The normalized spacial score (nSPS) is 14.1. The quantitative estimate of drug-likeness (QED) is 0.362. The standard InChI is InChI=1S/C24H25N3O6/c1-14(2)22(30)26-19-9-7-17(8-10-19)21(29)15(3)33-23(31)18-6-4-5-16(11-18)13-27-20(28)12-25-24(27)32/h4-11,14-15H,12-13H2,1-3H3,(H,25,32)(H,26,30). The lowest BCUT2D eigenvalue weighted by Crippen LogP contribution is -2.30. The fourth-order valence-electron chi connectivity index (χ4n) is 3.12. The first-order valence-electron chi connectivity index (χ1n) is 10.5. The van der Waals surface area contributed by atoms with Crippen molar-refractivity contribution in [3.05, 3.63) is 65.2 Å². The lowest BCUT2D eigenvalue weighted by atomic mass is 10.1. The number of carbonyl (C=O) groups is 5. The van der Waals surface area contributed by atoms with Gasteiger partial charge in [-0.25, -0.2) is 9.59 Å². The summed E-state index contributed by atoms with van der Waals surface area (Å²) in [6.45, 7) is 5.01. The summed E-state index contributed by atoms with van der Waals surface area (Å²) in [4.78, 5) is 61.5. The van der Waals surface area contributed by atoms with Gasteiger partial charge in [-0.2, -0.15) is 0 Å². The number of anilines is 1. The number of Topliss-reactive ketones (excluding diaryl/α,β-unsaturated/α-hetero) is 1. The molecule has 172 valence electrons. The molecule has 1 unspecified atom stereocenters. The first-order valence-corrected chi connectivity index (χ1v) is 10.5. The van der Waals surface area contributed by atoms with Crippen LogP contribution in [0.1, 0.15) is 47.1 Å². The van der Waals surface area contributed by atoms with Gasteiger partial charge < -0.3 is 15.4 Å². The fourth-order valence-corrected chi connectivity index (χ4v) is 3.12. The Morgan fingerprint density at radius 1 is 1.03 bits per heavy atom. The van der Waals surface area contributed by atoms with E-state index in [0.717, 1.165) is 4.90 Å². The predicted octanol–water partition coefficient (Wildman–Crippen LogP) is 2.76. The van der Waals surface area contributed by atoms with Crippen molar-refractivity contribution in [2.24, 2.45) is 5.92 Å². The van der Waals surface area contributed by atoms with Crippen LogP contribution in [0.15, 0.2) is 48.5 Å². The SMILES string of the molecule is CC(C)C(=O)Nc1ccc(C(=O)C(C)OC(=O)c2cccc(CN3C(=O)CNC3=O)c2)cc1. The van der Waals surface area contributed by atoms with E-state index in [4.69, 9.17) is 4.74 Å². The van der Waals surface area contributed by atoms with Crippen LogP contribution in [0, 0.1) is 5.92 Å². The Labute approximate surface area is 191 Å². The van der Waals surface area contributed by atoms with Crippen LogP contribution in [0.4, 0.5) is 10.5 Å². The van der Waals surface area contributed by atoms with Crippen LogP contribution in [-0.2, 0) is 20.9 Å². The van der Waals surface area contributed by atoms with Gasteiger partial charge in [0.2, 0.25) is 17.6 Å². The monoisotopic (exact) mass is 451 g/mol. The Morgan fingerprint density at radius 3 is 2.33 bits per heavy atom. The largest absolute Gasteiger partial charge is 0.451 e. The molecule has 0 bridgehead atoms. The van der Waals surface area contributed by atoms with Crippen LogP contribution in [0.2, 0.25) is 0 Å². The molecule has 0 aliphatic carbocycles. The summed E-state index contributed by atoms with van der Waals surface area (Å²) in [5.41, 5.74) is 1.68. The number of benzene rings is 2. The van der Waals surface area contributed by atoms with Crippen LogP contribution in [0.25, 0.3) is 0 Å². The van der Waals surface area contributed by atoms with Crippen molar-refractivity contribution >= 4 is 35.3 Å². The van der Waals surface area contributed by atoms with Crippen molar-refractivity contribution in [1.82, 2.24) is 10.2 Å². The van der Waals surface area contributed by atoms with E-state index in [1.807, 2.05) is 0 Å². The molecular formula is C24H25N3O6. The van der Waals surface area contributed by atoms with Gasteiger partial charge in [-0.3, -0.25) is 19.3 Å². The van der Waals surface area contributed by atoms with E-state index in [1.165, 1.54) is 19.1 Å². The number of ether oxygens (including phenoxy) is 1. The summed E-state index contributed by atoms with van der Waals surface area (Å²) in [5, 5.41) is 5.18. The predicted molar refractivity (Wildman–Crippen MR) is 120 cm³/mol. The second kappa shape index (κ2) is 10.1. The van der Waals surface area contributed by atoms with E-state index in [-0.39, 0.29) is 42.2 Å². The number of rotatable bonds is 8. The first kappa shape index (κ1) is 23.6. The topological polar surface area (TPSA) is 122 Å².